The van der Waals surface area contributed by atoms with E-state index in [4.69, 9.17) is 5.11 Å². The highest BCUT2D eigenvalue weighted by molar-refractivity contribution is 5.14. The smallest absolute Gasteiger partial charge is 0.0811 e. The highest BCUT2D eigenvalue weighted by Crippen LogP contribution is 2.21. The number of aliphatic hydroxyl groups excluding tert-OH is 2. The molecule has 0 amide bonds. The van der Waals surface area contributed by atoms with Crippen LogP contribution in [0.2, 0.25) is 0 Å². The Morgan fingerprint density at radius 2 is 2.06 bits per heavy atom. The van der Waals surface area contributed by atoms with Gasteiger partial charge in [0.2, 0.25) is 0 Å². The van der Waals surface area contributed by atoms with E-state index in [1.807, 2.05) is 6.07 Å². The lowest BCUT2D eigenvalue weighted by Gasteiger charge is -2.34. The molecule has 1 aromatic carbocycles. The lowest BCUT2D eigenvalue weighted by atomic mass is 9.92. The van der Waals surface area contributed by atoms with Crippen LogP contribution in [0.25, 0.3) is 0 Å². The molecule has 2 unspecified atom stereocenters. The Bertz CT molecular complexity index is 328. The van der Waals surface area contributed by atoms with Crippen molar-refractivity contribution < 1.29 is 10.2 Å². The van der Waals surface area contributed by atoms with Crippen molar-refractivity contribution in [1.29, 1.82) is 0 Å². The van der Waals surface area contributed by atoms with Crippen LogP contribution in [0.3, 0.4) is 0 Å². The van der Waals surface area contributed by atoms with Gasteiger partial charge in [0, 0.05) is 13.1 Å². The molecule has 2 N–H and O–H groups in total. The molecule has 1 heterocycles. The molecule has 0 saturated carbocycles. The molecule has 0 aromatic heterocycles. The van der Waals surface area contributed by atoms with Gasteiger partial charge in [-0.2, -0.15) is 0 Å². The summed E-state index contributed by atoms with van der Waals surface area (Å²) in [5.74, 6) is 0.220. The Hall–Kier alpha value is -0.900. The maximum atomic E-state index is 9.69. The summed E-state index contributed by atoms with van der Waals surface area (Å²) >= 11 is 0. The van der Waals surface area contributed by atoms with Gasteiger partial charge in [0.15, 0.2) is 0 Å². The summed E-state index contributed by atoms with van der Waals surface area (Å²) in [6.45, 7) is 2.79. The van der Waals surface area contributed by atoms with Crippen LogP contribution in [0.1, 0.15) is 18.4 Å². The second-order valence-electron chi connectivity index (χ2n) is 4.87. The van der Waals surface area contributed by atoms with Crippen LogP contribution in [0.4, 0.5) is 0 Å². The van der Waals surface area contributed by atoms with E-state index in [1.54, 1.807) is 0 Å². The fraction of sp³-hybridized carbons (Fsp3) is 0.571. The average Bonchev–Trinajstić information content (AvgIpc) is 2.39. The van der Waals surface area contributed by atoms with Gasteiger partial charge in [-0.15, -0.1) is 0 Å². The van der Waals surface area contributed by atoms with Gasteiger partial charge in [-0.1, -0.05) is 30.3 Å². The van der Waals surface area contributed by atoms with Crippen LogP contribution in [0.5, 0.6) is 0 Å². The van der Waals surface area contributed by atoms with Crippen LogP contribution in [0.15, 0.2) is 30.3 Å². The maximum Gasteiger partial charge on any atom is 0.0811 e. The molecule has 17 heavy (non-hydrogen) atoms. The number of likely N-dealkylation sites (tertiary alicyclic amines) is 1. The standard InChI is InChI=1S/C14H21NO2/c16-11-14(17)13-7-4-8-15(10-13)9-12-5-2-1-3-6-12/h1-3,5-6,13-14,16-17H,4,7-11H2. The van der Waals surface area contributed by atoms with Crippen molar-refractivity contribution in [2.45, 2.75) is 25.5 Å². The van der Waals surface area contributed by atoms with Gasteiger partial charge in [-0.3, -0.25) is 4.90 Å². The molecular weight excluding hydrogens is 214 g/mol. The maximum absolute atomic E-state index is 9.69. The average molecular weight is 235 g/mol. The summed E-state index contributed by atoms with van der Waals surface area (Å²) in [5, 5.41) is 18.7. The molecule has 0 bridgehead atoms. The largest absolute Gasteiger partial charge is 0.394 e. The minimum atomic E-state index is -0.562. The Kier molecular flexibility index (Phi) is 4.54. The summed E-state index contributed by atoms with van der Waals surface area (Å²) in [5.41, 5.74) is 1.31. The quantitative estimate of drug-likeness (QED) is 0.825. The predicted octanol–water partition coefficient (Wildman–Crippen LogP) is 1.25. The zero-order valence-electron chi connectivity index (χ0n) is 10.1. The molecule has 3 nitrogen and oxygen atoms in total. The second kappa shape index (κ2) is 6.15. The van der Waals surface area contributed by atoms with Crippen molar-refractivity contribution in [1.82, 2.24) is 4.90 Å². The molecule has 2 rings (SSSR count). The molecule has 94 valence electrons. The second-order valence-corrected chi connectivity index (χ2v) is 4.87. The number of benzene rings is 1. The molecule has 0 aliphatic carbocycles. The molecule has 0 spiro atoms. The van der Waals surface area contributed by atoms with E-state index in [0.29, 0.717) is 0 Å². The van der Waals surface area contributed by atoms with E-state index in [9.17, 15) is 5.11 Å². The Labute approximate surface area is 103 Å². The van der Waals surface area contributed by atoms with Crippen LogP contribution >= 0.6 is 0 Å². The Balaban J connectivity index is 1.89. The third-order valence-corrected chi connectivity index (χ3v) is 3.52. The summed E-state index contributed by atoms with van der Waals surface area (Å²) in [7, 11) is 0. The topological polar surface area (TPSA) is 43.7 Å². The first-order valence-corrected chi connectivity index (χ1v) is 6.35. The minimum Gasteiger partial charge on any atom is -0.394 e. The third kappa shape index (κ3) is 3.53. The highest BCUT2D eigenvalue weighted by atomic mass is 16.3. The summed E-state index contributed by atoms with van der Waals surface area (Å²) in [6.07, 6.45) is 1.57. The van der Waals surface area contributed by atoms with Crippen molar-refractivity contribution in [2.75, 3.05) is 19.7 Å². The van der Waals surface area contributed by atoms with E-state index < -0.39 is 6.10 Å². The van der Waals surface area contributed by atoms with E-state index in [2.05, 4.69) is 29.2 Å². The number of hydrogen-bond acceptors (Lipinski definition) is 3. The van der Waals surface area contributed by atoms with Gasteiger partial charge in [0.1, 0.15) is 0 Å². The highest BCUT2D eigenvalue weighted by Gasteiger charge is 2.25. The molecule has 1 saturated heterocycles. The van der Waals surface area contributed by atoms with E-state index in [1.165, 1.54) is 5.56 Å². The van der Waals surface area contributed by atoms with Gasteiger partial charge < -0.3 is 10.2 Å². The SMILES string of the molecule is OCC(O)C1CCCN(Cc2ccccc2)C1. The van der Waals surface area contributed by atoms with Crippen LogP contribution < -0.4 is 0 Å². The lowest BCUT2D eigenvalue weighted by molar-refractivity contribution is 0.0109. The summed E-state index contributed by atoms with van der Waals surface area (Å²) < 4.78 is 0. The van der Waals surface area contributed by atoms with Crippen molar-refractivity contribution in [3.05, 3.63) is 35.9 Å². The number of hydrogen-bond donors (Lipinski definition) is 2. The van der Waals surface area contributed by atoms with Crippen molar-refractivity contribution in [3.8, 4) is 0 Å². The van der Waals surface area contributed by atoms with E-state index >= 15 is 0 Å². The zero-order valence-corrected chi connectivity index (χ0v) is 10.1. The van der Waals surface area contributed by atoms with Crippen molar-refractivity contribution in [3.63, 3.8) is 0 Å². The normalized spacial score (nSPS) is 23.5. The van der Waals surface area contributed by atoms with Crippen molar-refractivity contribution in [2.24, 2.45) is 5.92 Å². The fourth-order valence-electron chi connectivity index (χ4n) is 2.54. The summed E-state index contributed by atoms with van der Waals surface area (Å²) in [6, 6.07) is 10.4. The molecule has 1 aliphatic rings. The van der Waals surface area contributed by atoms with Crippen LogP contribution in [-0.4, -0.2) is 40.9 Å². The van der Waals surface area contributed by atoms with E-state index in [-0.39, 0.29) is 12.5 Å². The summed E-state index contributed by atoms with van der Waals surface area (Å²) in [4.78, 5) is 2.36. The fourth-order valence-corrected chi connectivity index (χ4v) is 2.54. The molecule has 1 aliphatic heterocycles. The molecule has 3 heteroatoms. The molecular formula is C14H21NO2. The monoisotopic (exact) mass is 235 g/mol. The van der Waals surface area contributed by atoms with Crippen molar-refractivity contribution >= 4 is 0 Å². The Morgan fingerprint density at radius 3 is 2.76 bits per heavy atom. The Morgan fingerprint density at radius 1 is 1.29 bits per heavy atom. The first-order chi connectivity index (χ1) is 8.29. The van der Waals surface area contributed by atoms with Crippen LogP contribution in [0, 0.1) is 5.92 Å². The molecule has 1 aromatic rings. The first kappa shape index (κ1) is 12.6. The number of piperidine rings is 1. The third-order valence-electron chi connectivity index (χ3n) is 3.52. The number of rotatable bonds is 4. The minimum absolute atomic E-state index is 0.121. The van der Waals surface area contributed by atoms with Gasteiger partial charge >= 0.3 is 0 Å². The van der Waals surface area contributed by atoms with Crippen LogP contribution in [-0.2, 0) is 6.54 Å². The van der Waals surface area contributed by atoms with Gasteiger partial charge in [-0.05, 0) is 30.9 Å². The first-order valence-electron chi connectivity index (χ1n) is 6.35. The molecule has 1 fully saturated rings. The van der Waals surface area contributed by atoms with Gasteiger partial charge in [0.25, 0.3) is 0 Å². The predicted molar refractivity (Wildman–Crippen MR) is 67.5 cm³/mol. The molecule has 0 radical (unpaired) electrons. The zero-order chi connectivity index (χ0) is 12.1. The van der Waals surface area contributed by atoms with Gasteiger partial charge in [-0.25, -0.2) is 0 Å². The lowest BCUT2D eigenvalue weighted by Crippen LogP contribution is -2.41. The number of nitrogens with zero attached hydrogens (tertiary/aromatic N) is 1. The van der Waals surface area contributed by atoms with Gasteiger partial charge in [0.05, 0.1) is 12.7 Å². The number of aliphatic hydroxyl groups is 2. The molecule has 2 atom stereocenters. The van der Waals surface area contributed by atoms with E-state index in [0.717, 1.165) is 32.5 Å².